The lowest BCUT2D eigenvalue weighted by Crippen LogP contribution is -2.38. The number of hydrogen-bond donors (Lipinski definition) is 2. The van der Waals surface area contributed by atoms with E-state index in [1.807, 2.05) is 0 Å². The second-order valence-electron chi connectivity index (χ2n) is 4.04. The number of nitrogens with two attached hydrogens (primary N) is 1. The molecular formula is C10H15N3O2. The van der Waals surface area contributed by atoms with E-state index in [4.69, 9.17) is 10.3 Å². The van der Waals surface area contributed by atoms with Gasteiger partial charge in [0, 0.05) is 18.7 Å². The van der Waals surface area contributed by atoms with E-state index in [1.54, 1.807) is 13.0 Å². The van der Waals surface area contributed by atoms with Crippen molar-refractivity contribution >= 4 is 5.91 Å². The SMILES string of the molecule is Cc1cc(C(=O)NCC(N)C2CC2)on1. The minimum atomic E-state index is -0.244. The Morgan fingerprint density at radius 3 is 3.07 bits per heavy atom. The van der Waals surface area contributed by atoms with Crippen LogP contribution in [-0.4, -0.2) is 23.7 Å². The highest BCUT2D eigenvalue weighted by Crippen LogP contribution is 2.31. The number of carbonyl (C=O) groups is 1. The number of nitrogens with one attached hydrogen (secondary N) is 1. The maximum absolute atomic E-state index is 11.5. The lowest BCUT2D eigenvalue weighted by Gasteiger charge is -2.09. The van der Waals surface area contributed by atoms with Gasteiger partial charge in [0.2, 0.25) is 5.76 Å². The zero-order valence-corrected chi connectivity index (χ0v) is 8.69. The van der Waals surface area contributed by atoms with E-state index >= 15 is 0 Å². The van der Waals surface area contributed by atoms with Gasteiger partial charge >= 0.3 is 0 Å². The first-order chi connectivity index (χ1) is 7.16. The fraction of sp³-hybridized carbons (Fsp3) is 0.600. The minimum Gasteiger partial charge on any atom is -0.351 e. The number of aryl methyl sites for hydroxylation is 1. The highest BCUT2D eigenvalue weighted by atomic mass is 16.5. The van der Waals surface area contributed by atoms with Gasteiger partial charge in [-0.2, -0.15) is 0 Å². The minimum absolute atomic E-state index is 0.0676. The van der Waals surface area contributed by atoms with Gasteiger partial charge in [-0.05, 0) is 25.7 Å². The molecule has 15 heavy (non-hydrogen) atoms. The summed E-state index contributed by atoms with van der Waals surface area (Å²) in [4.78, 5) is 11.5. The molecule has 0 aromatic carbocycles. The van der Waals surface area contributed by atoms with Crippen LogP contribution in [0.15, 0.2) is 10.6 Å². The molecule has 1 aromatic rings. The van der Waals surface area contributed by atoms with E-state index in [0.717, 1.165) is 0 Å². The second-order valence-corrected chi connectivity index (χ2v) is 4.04. The largest absolute Gasteiger partial charge is 0.351 e. The van der Waals surface area contributed by atoms with Crippen molar-refractivity contribution in [2.75, 3.05) is 6.54 Å². The first-order valence-corrected chi connectivity index (χ1v) is 5.14. The molecule has 5 nitrogen and oxygen atoms in total. The van der Waals surface area contributed by atoms with Crippen molar-refractivity contribution in [2.45, 2.75) is 25.8 Å². The van der Waals surface area contributed by atoms with Crippen molar-refractivity contribution in [3.05, 3.63) is 17.5 Å². The summed E-state index contributed by atoms with van der Waals surface area (Å²) in [5.41, 5.74) is 6.55. The summed E-state index contributed by atoms with van der Waals surface area (Å²) in [7, 11) is 0. The summed E-state index contributed by atoms with van der Waals surface area (Å²) in [6.07, 6.45) is 2.36. The van der Waals surface area contributed by atoms with Gasteiger partial charge in [0.25, 0.3) is 5.91 Å². The van der Waals surface area contributed by atoms with Gasteiger partial charge in [-0.25, -0.2) is 0 Å². The lowest BCUT2D eigenvalue weighted by atomic mass is 10.2. The normalized spacial score (nSPS) is 17.5. The molecular weight excluding hydrogens is 194 g/mol. The summed E-state index contributed by atoms with van der Waals surface area (Å²) in [5, 5.41) is 6.38. The van der Waals surface area contributed by atoms with Crippen LogP contribution in [0.25, 0.3) is 0 Å². The number of amides is 1. The number of hydrogen-bond acceptors (Lipinski definition) is 4. The van der Waals surface area contributed by atoms with Crippen LogP contribution in [0.5, 0.6) is 0 Å². The Kier molecular flexibility index (Phi) is 2.73. The van der Waals surface area contributed by atoms with Crippen LogP contribution in [0.3, 0.4) is 0 Å². The van der Waals surface area contributed by atoms with Crippen LogP contribution in [0.1, 0.15) is 29.1 Å². The maximum atomic E-state index is 11.5. The standard InChI is InChI=1S/C10H15N3O2/c1-6-4-9(15-13-6)10(14)12-5-8(11)7-2-3-7/h4,7-8H,2-3,5,11H2,1H3,(H,12,14). The van der Waals surface area contributed by atoms with E-state index in [-0.39, 0.29) is 17.7 Å². The van der Waals surface area contributed by atoms with Crippen molar-refractivity contribution < 1.29 is 9.32 Å². The smallest absolute Gasteiger partial charge is 0.289 e. The van der Waals surface area contributed by atoms with Gasteiger partial charge in [-0.15, -0.1) is 0 Å². The molecule has 82 valence electrons. The van der Waals surface area contributed by atoms with Gasteiger partial charge in [0.1, 0.15) is 0 Å². The molecule has 0 aliphatic heterocycles. The Morgan fingerprint density at radius 1 is 1.80 bits per heavy atom. The summed E-state index contributed by atoms with van der Waals surface area (Å²) < 4.78 is 4.83. The maximum Gasteiger partial charge on any atom is 0.289 e. The lowest BCUT2D eigenvalue weighted by molar-refractivity contribution is 0.0913. The predicted octanol–water partition coefficient (Wildman–Crippen LogP) is 0.450. The molecule has 2 rings (SSSR count). The van der Waals surface area contributed by atoms with Crippen molar-refractivity contribution in [2.24, 2.45) is 11.7 Å². The van der Waals surface area contributed by atoms with Crippen molar-refractivity contribution in [3.8, 4) is 0 Å². The van der Waals surface area contributed by atoms with Gasteiger partial charge in [0.15, 0.2) is 0 Å². The van der Waals surface area contributed by atoms with E-state index in [1.165, 1.54) is 12.8 Å². The molecule has 1 heterocycles. The molecule has 0 radical (unpaired) electrons. The molecule has 1 fully saturated rings. The van der Waals surface area contributed by atoms with Gasteiger partial charge in [-0.3, -0.25) is 4.79 Å². The Bertz CT molecular complexity index is 357. The summed E-state index contributed by atoms with van der Waals surface area (Å²) in [6.45, 7) is 2.28. The number of rotatable bonds is 4. The Balaban J connectivity index is 1.81. The first-order valence-electron chi connectivity index (χ1n) is 5.14. The number of nitrogens with zero attached hydrogens (tertiary/aromatic N) is 1. The fourth-order valence-corrected chi connectivity index (χ4v) is 1.46. The summed E-state index contributed by atoms with van der Waals surface area (Å²) in [6, 6.07) is 1.68. The molecule has 1 atom stereocenters. The van der Waals surface area contributed by atoms with Crippen molar-refractivity contribution in [1.29, 1.82) is 0 Å². The second kappa shape index (κ2) is 4.02. The molecule has 1 unspecified atom stereocenters. The predicted molar refractivity (Wildman–Crippen MR) is 54.3 cm³/mol. The topological polar surface area (TPSA) is 81.2 Å². The average molecular weight is 209 g/mol. The molecule has 5 heteroatoms. The van der Waals surface area contributed by atoms with E-state index < -0.39 is 0 Å². The quantitative estimate of drug-likeness (QED) is 0.754. The fourth-order valence-electron chi connectivity index (χ4n) is 1.46. The summed E-state index contributed by atoms with van der Waals surface area (Å²) >= 11 is 0. The van der Waals surface area contributed by atoms with Crippen LogP contribution >= 0.6 is 0 Å². The Morgan fingerprint density at radius 2 is 2.53 bits per heavy atom. The number of aromatic nitrogens is 1. The number of carbonyl (C=O) groups excluding carboxylic acids is 1. The molecule has 0 bridgehead atoms. The molecule has 1 aliphatic carbocycles. The van der Waals surface area contributed by atoms with Crippen LogP contribution in [-0.2, 0) is 0 Å². The Hall–Kier alpha value is -1.36. The molecule has 3 N–H and O–H groups in total. The van der Waals surface area contributed by atoms with Gasteiger partial charge in [-0.1, -0.05) is 5.16 Å². The van der Waals surface area contributed by atoms with Crippen LogP contribution in [0.2, 0.25) is 0 Å². The van der Waals surface area contributed by atoms with Crippen LogP contribution in [0.4, 0.5) is 0 Å². The van der Waals surface area contributed by atoms with E-state index in [2.05, 4.69) is 10.5 Å². The van der Waals surface area contributed by atoms with Gasteiger partial charge < -0.3 is 15.6 Å². The third kappa shape index (κ3) is 2.56. The summed E-state index contributed by atoms with van der Waals surface area (Å²) in [5.74, 6) is 0.587. The molecule has 1 aromatic heterocycles. The Labute approximate surface area is 88.0 Å². The molecule has 1 saturated carbocycles. The average Bonchev–Trinajstić information content (AvgIpc) is 2.97. The van der Waals surface area contributed by atoms with E-state index in [0.29, 0.717) is 18.2 Å². The zero-order chi connectivity index (χ0) is 10.8. The highest BCUT2D eigenvalue weighted by molar-refractivity contribution is 5.91. The van der Waals surface area contributed by atoms with Crippen LogP contribution < -0.4 is 11.1 Å². The van der Waals surface area contributed by atoms with Crippen molar-refractivity contribution in [3.63, 3.8) is 0 Å². The van der Waals surface area contributed by atoms with E-state index in [9.17, 15) is 4.79 Å². The molecule has 0 spiro atoms. The first kappa shape index (κ1) is 10.2. The van der Waals surface area contributed by atoms with Crippen LogP contribution in [0, 0.1) is 12.8 Å². The van der Waals surface area contributed by atoms with Crippen molar-refractivity contribution in [1.82, 2.24) is 10.5 Å². The highest BCUT2D eigenvalue weighted by Gasteiger charge is 2.28. The molecule has 1 amide bonds. The zero-order valence-electron chi connectivity index (χ0n) is 8.69. The molecule has 1 aliphatic rings. The third-order valence-electron chi connectivity index (χ3n) is 2.58. The van der Waals surface area contributed by atoms with Gasteiger partial charge in [0.05, 0.1) is 5.69 Å². The third-order valence-corrected chi connectivity index (χ3v) is 2.58. The monoisotopic (exact) mass is 209 g/mol. The molecule has 0 saturated heterocycles.